The van der Waals surface area contributed by atoms with E-state index in [1.54, 1.807) is 0 Å². The average Bonchev–Trinajstić information content (AvgIpc) is 3.30. The van der Waals surface area contributed by atoms with Gasteiger partial charge in [-0.3, -0.25) is 9.59 Å². The molecule has 2 aromatic carbocycles. The van der Waals surface area contributed by atoms with E-state index in [-0.39, 0.29) is 16.7 Å². The normalized spacial score (nSPS) is 11.9. The molecule has 0 spiro atoms. The van der Waals surface area contributed by atoms with Crippen molar-refractivity contribution in [1.82, 2.24) is 15.3 Å². The van der Waals surface area contributed by atoms with Crippen LogP contribution in [0.4, 0.5) is 5.69 Å². The van der Waals surface area contributed by atoms with E-state index in [2.05, 4.69) is 39.4 Å². The van der Waals surface area contributed by atoms with Crippen molar-refractivity contribution in [3.05, 3.63) is 82.2 Å². The van der Waals surface area contributed by atoms with Gasteiger partial charge >= 0.3 is 0 Å². The monoisotopic (exact) mass is 492 g/mol. The molecule has 34 heavy (non-hydrogen) atoms. The van der Waals surface area contributed by atoms with E-state index in [9.17, 15) is 9.59 Å². The summed E-state index contributed by atoms with van der Waals surface area (Å²) in [6.45, 7) is 3.37. The van der Waals surface area contributed by atoms with E-state index in [1.165, 1.54) is 23.1 Å². The number of aromatic amines is 1. The maximum absolute atomic E-state index is 12.8. The van der Waals surface area contributed by atoms with Crippen molar-refractivity contribution in [3.63, 3.8) is 0 Å². The predicted octanol–water partition coefficient (Wildman–Crippen LogP) is 4.92. The molecular formula is C26H28N4O2S2. The second-order valence-electron chi connectivity index (χ2n) is 8.06. The number of amides is 1. The number of aromatic nitrogens is 2. The van der Waals surface area contributed by atoms with E-state index in [4.69, 9.17) is 0 Å². The minimum atomic E-state index is -0.240. The van der Waals surface area contributed by atoms with Crippen molar-refractivity contribution >= 4 is 44.9 Å². The van der Waals surface area contributed by atoms with Gasteiger partial charge in [-0.05, 0) is 31.0 Å². The number of hydrogen-bond acceptors (Lipinski definition) is 6. The Morgan fingerprint density at radius 2 is 1.85 bits per heavy atom. The maximum atomic E-state index is 12.8. The predicted molar refractivity (Wildman–Crippen MR) is 144 cm³/mol. The average molecular weight is 493 g/mol. The quantitative estimate of drug-likeness (QED) is 0.307. The summed E-state index contributed by atoms with van der Waals surface area (Å²) in [6, 6.07) is 20.0. The second-order valence-corrected chi connectivity index (χ2v) is 10.3. The molecule has 0 aliphatic rings. The molecule has 0 aliphatic heterocycles. The Morgan fingerprint density at radius 3 is 2.59 bits per heavy atom. The van der Waals surface area contributed by atoms with Crippen LogP contribution in [0.3, 0.4) is 0 Å². The molecule has 6 nitrogen and oxygen atoms in total. The van der Waals surface area contributed by atoms with Gasteiger partial charge in [0.05, 0.1) is 16.4 Å². The van der Waals surface area contributed by atoms with Crippen molar-refractivity contribution in [1.29, 1.82) is 0 Å². The van der Waals surface area contributed by atoms with Crippen LogP contribution in [0.5, 0.6) is 0 Å². The Balaban J connectivity index is 1.28. The minimum absolute atomic E-state index is 0.00160. The number of anilines is 1. The lowest BCUT2D eigenvalue weighted by molar-refractivity contribution is -0.120. The fourth-order valence-electron chi connectivity index (χ4n) is 3.65. The van der Waals surface area contributed by atoms with Crippen LogP contribution >= 0.6 is 23.1 Å². The van der Waals surface area contributed by atoms with Crippen molar-refractivity contribution < 1.29 is 4.79 Å². The Labute approximate surface area is 207 Å². The van der Waals surface area contributed by atoms with E-state index < -0.39 is 0 Å². The number of hydrogen-bond donors (Lipinski definition) is 2. The first-order chi connectivity index (χ1) is 16.5. The first-order valence-corrected chi connectivity index (χ1v) is 13.2. The van der Waals surface area contributed by atoms with Crippen LogP contribution in [-0.4, -0.2) is 41.3 Å². The summed E-state index contributed by atoms with van der Waals surface area (Å²) in [5.74, 6) is 1.06. The largest absolute Gasteiger partial charge is 0.375 e. The van der Waals surface area contributed by atoms with Crippen LogP contribution in [0.1, 0.15) is 19.2 Å². The van der Waals surface area contributed by atoms with E-state index in [0.29, 0.717) is 23.5 Å². The van der Waals surface area contributed by atoms with Gasteiger partial charge in [-0.1, -0.05) is 48.5 Å². The number of rotatable bonds is 10. The molecule has 0 bridgehead atoms. The molecular weight excluding hydrogens is 464 g/mol. The van der Waals surface area contributed by atoms with E-state index >= 15 is 0 Å². The van der Waals surface area contributed by atoms with Gasteiger partial charge in [-0.15, -0.1) is 23.1 Å². The number of benzene rings is 2. The number of carbonyl (C=O) groups is 1. The lowest BCUT2D eigenvalue weighted by Gasteiger charge is -2.19. The maximum Gasteiger partial charge on any atom is 0.260 e. The van der Waals surface area contributed by atoms with Crippen LogP contribution in [0, 0.1) is 0 Å². The first kappa shape index (κ1) is 24.0. The molecule has 0 aliphatic carbocycles. The van der Waals surface area contributed by atoms with Gasteiger partial charge in [0, 0.05) is 36.8 Å². The summed E-state index contributed by atoms with van der Waals surface area (Å²) in [5, 5.41) is 5.37. The smallest absolute Gasteiger partial charge is 0.260 e. The van der Waals surface area contributed by atoms with Gasteiger partial charge in [0.2, 0.25) is 5.91 Å². The van der Waals surface area contributed by atoms with Gasteiger partial charge < -0.3 is 15.2 Å². The first-order valence-electron chi connectivity index (χ1n) is 11.2. The molecule has 1 atom stereocenters. The SMILES string of the molecule is CC(SCc1nc2scc(-c3ccccc3)c2c(=O)[nH]1)C(=O)NCCCN(C)c1ccccc1. The fourth-order valence-corrected chi connectivity index (χ4v) is 5.40. The number of thiophene rings is 1. The lowest BCUT2D eigenvalue weighted by Crippen LogP contribution is -2.33. The molecule has 0 saturated carbocycles. The van der Waals surface area contributed by atoms with Crippen molar-refractivity contribution in [2.24, 2.45) is 0 Å². The molecule has 4 rings (SSSR count). The van der Waals surface area contributed by atoms with Gasteiger partial charge in [-0.25, -0.2) is 4.98 Å². The van der Waals surface area contributed by atoms with E-state index in [0.717, 1.165) is 34.6 Å². The summed E-state index contributed by atoms with van der Waals surface area (Å²) < 4.78 is 0. The van der Waals surface area contributed by atoms with Crippen LogP contribution in [0.2, 0.25) is 0 Å². The second kappa shape index (κ2) is 11.4. The van der Waals surface area contributed by atoms with Crippen LogP contribution in [-0.2, 0) is 10.5 Å². The van der Waals surface area contributed by atoms with Crippen molar-refractivity contribution in [2.75, 3.05) is 25.0 Å². The molecule has 8 heteroatoms. The van der Waals surface area contributed by atoms with Gasteiger partial charge in [0.1, 0.15) is 10.7 Å². The number of H-pyrrole nitrogens is 1. The fraction of sp³-hybridized carbons (Fsp3) is 0.269. The number of carbonyl (C=O) groups excluding carboxylic acids is 1. The molecule has 0 radical (unpaired) electrons. The van der Waals surface area contributed by atoms with Gasteiger partial charge in [0.15, 0.2) is 0 Å². The molecule has 2 N–H and O–H groups in total. The highest BCUT2D eigenvalue weighted by molar-refractivity contribution is 7.99. The van der Waals surface area contributed by atoms with Crippen molar-refractivity contribution in [3.8, 4) is 11.1 Å². The van der Waals surface area contributed by atoms with Gasteiger partial charge in [-0.2, -0.15) is 0 Å². The Bertz CT molecular complexity index is 1290. The van der Waals surface area contributed by atoms with Gasteiger partial charge in [0.25, 0.3) is 5.56 Å². The molecule has 1 amide bonds. The zero-order valence-electron chi connectivity index (χ0n) is 19.3. The summed E-state index contributed by atoms with van der Waals surface area (Å²) in [7, 11) is 2.05. The Kier molecular flexibility index (Phi) is 8.03. The molecule has 2 heterocycles. The number of thioether (sulfide) groups is 1. The van der Waals surface area contributed by atoms with E-state index in [1.807, 2.05) is 60.8 Å². The molecule has 0 fully saturated rings. The standard InChI is InChI=1S/C26H28N4O2S2/c1-18(24(31)27-14-9-15-30(2)20-12-7-4-8-13-20)33-17-22-28-25(32)23-21(16-34-26(23)29-22)19-10-5-3-6-11-19/h3-8,10-13,16,18H,9,14-15,17H2,1-2H3,(H,27,31)(H,28,29,32). The molecule has 0 saturated heterocycles. The number of nitrogens with one attached hydrogen (secondary N) is 2. The summed E-state index contributed by atoms with van der Waals surface area (Å²) in [6.07, 6.45) is 0.863. The molecule has 4 aromatic rings. The van der Waals surface area contributed by atoms with Crippen LogP contribution in [0.25, 0.3) is 21.3 Å². The summed E-state index contributed by atoms with van der Waals surface area (Å²) >= 11 is 2.94. The van der Waals surface area contributed by atoms with Crippen LogP contribution in [0.15, 0.2) is 70.8 Å². The topological polar surface area (TPSA) is 78.1 Å². The highest BCUT2D eigenvalue weighted by Gasteiger charge is 2.16. The summed E-state index contributed by atoms with van der Waals surface area (Å²) in [4.78, 5) is 35.7. The highest BCUT2D eigenvalue weighted by Crippen LogP contribution is 2.30. The number of nitrogens with zero attached hydrogens (tertiary/aromatic N) is 2. The third kappa shape index (κ3) is 5.87. The Morgan fingerprint density at radius 1 is 1.15 bits per heavy atom. The number of fused-ring (bicyclic) bond motifs is 1. The molecule has 2 aromatic heterocycles. The van der Waals surface area contributed by atoms with Crippen molar-refractivity contribution in [2.45, 2.75) is 24.3 Å². The third-order valence-electron chi connectivity index (χ3n) is 5.58. The molecule has 1 unspecified atom stereocenters. The summed E-state index contributed by atoms with van der Waals surface area (Å²) in [5.41, 5.74) is 2.93. The highest BCUT2D eigenvalue weighted by atomic mass is 32.2. The molecule has 176 valence electrons. The lowest BCUT2D eigenvalue weighted by atomic mass is 10.1. The van der Waals surface area contributed by atoms with Crippen LogP contribution < -0.4 is 15.8 Å². The minimum Gasteiger partial charge on any atom is -0.375 e. The number of para-hydroxylation sites is 1. The third-order valence-corrected chi connectivity index (χ3v) is 7.61. The zero-order valence-corrected chi connectivity index (χ0v) is 20.9. The zero-order chi connectivity index (χ0) is 23.9. The Hall–Kier alpha value is -3.10.